The van der Waals surface area contributed by atoms with Gasteiger partial charge in [-0.15, -0.1) is 0 Å². The first-order chi connectivity index (χ1) is 14.3. The number of nitriles is 1. The van der Waals surface area contributed by atoms with Gasteiger partial charge < -0.3 is 10.7 Å². The molecule has 0 aliphatic heterocycles. The zero-order chi connectivity index (χ0) is 21.5. The smallest absolute Gasteiger partial charge is 0.261 e. The fourth-order valence-corrected chi connectivity index (χ4v) is 4.94. The second-order valence-electron chi connectivity index (χ2n) is 6.62. The zero-order valence-corrected chi connectivity index (χ0v) is 16.9. The summed E-state index contributed by atoms with van der Waals surface area (Å²) in [6, 6.07) is 14.4. The van der Waals surface area contributed by atoms with E-state index in [-0.39, 0.29) is 38.0 Å². The van der Waals surface area contributed by atoms with Crippen molar-refractivity contribution in [2.75, 3.05) is 5.73 Å². The van der Waals surface area contributed by atoms with Crippen molar-refractivity contribution in [1.82, 2.24) is 15.2 Å². The number of hydrogen-bond acceptors (Lipinski definition) is 6. The van der Waals surface area contributed by atoms with Crippen LogP contribution in [0.25, 0.3) is 22.2 Å². The van der Waals surface area contributed by atoms with Crippen molar-refractivity contribution >= 4 is 38.2 Å². The molecule has 0 unspecified atom stereocenters. The summed E-state index contributed by atoms with van der Waals surface area (Å²) >= 11 is 5.91. The number of sulfone groups is 1. The molecule has 0 aliphatic carbocycles. The van der Waals surface area contributed by atoms with E-state index in [9.17, 15) is 18.5 Å². The van der Waals surface area contributed by atoms with Gasteiger partial charge in [0.25, 0.3) is 5.56 Å². The summed E-state index contributed by atoms with van der Waals surface area (Å²) in [4.78, 5) is 14.9. The van der Waals surface area contributed by atoms with E-state index in [1.165, 1.54) is 18.2 Å². The highest BCUT2D eigenvalue weighted by Crippen LogP contribution is 2.26. The third-order valence-electron chi connectivity index (χ3n) is 4.61. The van der Waals surface area contributed by atoms with Crippen molar-refractivity contribution in [3.8, 4) is 17.3 Å². The average molecular weight is 440 g/mol. The minimum absolute atomic E-state index is 0.0423. The summed E-state index contributed by atoms with van der Waals surface area (Å²) < 4.78 is 25.6. The highest BCUT2D eigenvalue weighted by atomic mass is 35.5. The molecule has 0 spiro atoms. The Morgan fingerprint density at radius 2 is 1.87 bits per heavy atom. The highest BCUT2D eigenvalue weighted by molar-refractivity contribution is 7.90. The van der Waals surface area contributed by atoms with Gasteiger partial charge in [-0.3, -0.25) is 9.89 Å². The van der Waals surface area contributed by atoms with Crippen LogP contribution in [0.2, 0.25) is 5.02 Å². The Hall–Kier alpha value is -3.61. The lowest BCUT2D eigenvalue weighted by molar-refractivity contribution is 0.595. The molecular weight excluding hydrogens is 426 g/mol. The number of nitrogen functional groups attached to an aromatic ring is 1. The summed E-state index contributed by atoms with van der Waals surface area (Å²) in [7, 11) is -3.78. The molecule has 30 heavy (non-hydrogen) atoms. The molecule has 0 aliphatic rings. The molecule has 0 saturated heterocycles. The van der Waals surface area contributed by atoms with Gasteiger partial charge in [0.1, 0.15) is 11.5 Å². The number of nitrogens with two attached hydrogens (primary N) is 1. The van der Waals surface area contributed by atoms with Gasteiger partial charge in [-0.25, -0.2) is 8.42 Å². The molecule has 0 amide bonds. The van der Waals surface area contributed by atoms with Crippen LogP contribution in [0, 0.1) is 11.3 Å². The van der Waals surface area contributed by atoms with E-state index in [1.54, 1.807) is 30.3 Å². The van der Waals surface area contributed by atoms with Crippen LogP contribution in [0.4, 0.5) is 5.82 Å². The standard InChI is InChI=1S/C20H14ClN5O3S/c21-14-6-5-13(9-22)17(7-14)30(28,29)10-11-1-3-12(4-2-11)15-8-16-18(20(27)24-15)19(23)26-25-16/h1-8H,10H2,(H,24,27)(H3,23,25,26). The van der Waals surface area contributed by atoms with E-state index in [2.05, 4.69) is 15.2 Å². The largest absolute Gasteiger partial charge is 0.382 e. The van der Waals surface area contributed by atoms with Gasteiger partial charge in [0.05, 0.1) is 27.4 Å². The number of anilines is 1. The quantitative estimate of drug-likeness (QED) is 0.445. The van der Waals surface area contributed by atoms with Crippen molar-refractivity contribution < 1.29 is 8.42 Å². The number of aromatic amines is 2. The van der Waals surface area contributed by atoms with Gasteiger partial charge in [0, 0.05) is 5.02 Å². The number of pyridine rings is 1. The Balaban J connectivity index is 1.66. The predicted molar refractivity (Wildman–Crippen MR) is 114 cm³/mol. The van der Waals surface area contributed by atoms with Crippen molar-refractivity contribution in [1.29, 1.82) is 5.26 Å². The Morgan fingerprint density at radius 1 is 1.13 bits per heavy atom. The molecule has 4 aromatic rings. The number of H-pyrrole nitrogens is 2. The molecule has 4 N–H and O–H groups in total. The molecule has 4 rings (SSSR count). The first kappa shape index (κ1) is 19.7. The average Bonchev–Trinajstić information content (AvgIpc) is 3.09. The minimum atomic E-state index is -3.78. The van der Waals surface area contributed by atoms with Crippen LogP contribution in [0.5, 0.6) is 0 Å². The maximum absolute atomic E-state index is 12.8. The van der Waals surface area contributed by atoms with E-state index >= 15 is 0 Å². The fraction of sp³-hybridized carbons (Fsp3) is 0.0500. The number of rotatable bonds is 4. The second kappa shape index (κ2) is 7.33. The predicted octanol–water partition coefficient (Wildman–Crippen LogP) is 3.00. The van der Waals surface area contributed by atoms with Crippen LogP contribution in [0.15, 0.2) is 58.2 Å². The van der Waals surface area contributed by atoms with Crippen molar-refractivity contribution in [2.45, 2.75) is 10.6 Å². The van der Waals surface area contributed by atoms with Crippen LogP contribution >= 0.6 is 11.6 Å². The van der Waals surface area contributed by atoms with E-state index in [0.29, 0.717) is 22.3 Å². The number of halogens is 1. The first-order valence-corrected chi connectivity index (χ1v) is 10.7. The summed E-state index contributed by atoms with van der Waals surface area (Å²) in [5.41, 5.74) is 7.59. The minimum Gasteiger partial charge on any atom is -0.382 e. The molecule has 0 radical (unpaired) electrons. The molecule has 8 nitrogen and oxygen atoms in total. The highest BCUT2D eigenvalue weighted by Gasteiger charge is 2.20. The van der Waals surface area contributed by atoms with Crippen molar-refractivity contribution in [3.05, 3.63) is 75.0 Å². The van der Waals surface area contributed by atoms with Crippen molar-refractivity contribution in [2.24, 2.45) is 0 Å². The number of aromatic nitrogens is 3. The first-order valence-electron chi connectivity index (χ1n) is 8.67. The van der Waals surface area contributed by atoms with Crippen LogP contribution < -0.4 is 11.3 Å². The topological polar surface area (TPSA) is 145 Å². The van der Waals surface area contributed by atoms with E-state index < -0.39 is 9.84 Å². The maximum atomic E-state index is 12.8. The van der Waals surface area contributed by atoms with Gasteiger partial charge in [-0.2, -0.15) is 10.4 Å². The van der Waals surface area contributed by atoms with Crippen molar-refractivity contribution in [3.63, 3.8) is 0 Å². The van der Waals surface area contributed by atoms with Crippen LogP contribution in [-0.4, -0.2) is 23.6 Å². The molecular formula is C20H14ClN5O3S. The fourth-order valence-electron chi connectivity index (χ4n) is 3.16. The van der Waals surface area contributed by atoms with Gasteiger partial charge >= 0.3 is 0 Å². The molecule has 2 aromatic carbocycles. The Bertz CT molecular complexity index is 1480. The molecule has 0 atom stereocenters. The van der Waals surface area contributed by atoms with Crippen LogP contribution in [0.3, 0.4) is 0 Å². The number of benzene rings is 2. The molecule has 0 fully saturated rings. The number of fused-ring (bicyclic) bond motifs is 1. The van der Waals surface area contributed by atoms with E-state index in [4.69, 9.17) is 17.3 Å². The lowest BCUT2D eigenvalue weighted by Gasteiger charge is -2.08. The van der Waals surface area contributed by atoms with Gasteiger partial charge in [-0.1, -0.05) is 35.9 Å². The van der Waals surface area contributed by atoms with E-state index in [1.807, 2.05) is 6.07 Å². The molecule has 0 bridgehead atoms. The molecule has 2 heterocycles. The normalized spacial score (nSPS) is 11.5. The summed E-state index contributed by atoms with van der Waals surface area (Å²) in [5, 5.41) is 16.3. The van der Waals surface area contributed by atoms with Crippen LogP contribution in [0.1, 0.15) is 11.1 Å². The monoisotopic (exact) mass is 439 g/mol. The maximum Gasteiger partial charge on any atom is 0.261 e. The van der Waals surface area contributed by atoms with Gasteiger partial charge in [0.2, 0.25) is 0 Å². The third kappa shape index (κ3) is 3.54. The lowest BCUT2D eigenvalue weighted by atomic mass is 10.1. The van der Waals surface area contributed by atoms with Gasteiger partial charge in [0.15, 0.2) is 15.7 Å². The number of hydrogen-bond donors (Lipinski definition) is 3. The number of nitrogens with one attached hydrogen (secondary N) is 2. The van der Waals surface area contributed by atoms with Gasteiger partial charge in [-0.05, 0) is 35.4 Å². The second-order valence-corrected chi connectivity index (χ2v) is 9.01. The molecule has 0 saturated carbocycles. The summed E-state index contributed by atoms with van der Waals surface area (Å²) in [5.74, 6) is -0.175. The Morgan fingerprint density at radius 3 is 2.57 bits per heavy atom. The third-order valence-corrected chi connectivity index (χ3v) is 6.56. The Labute approximate surface area is 175 Å². The lowest BCUT2D eigenvalue weighted by Crippen LogP contribution is -2.08. The number of nitrogens with zero attached hydrogens (tertiary/aromatic N) is 2. The van der Waals surface area contributed by atoms with Crippen LogP contribution in [-0.2, 0) is 15.6 Å². The molecule has 10 heteroatoms. The summed E-state index contributed by atoms with van der Waals surface area (Å²) in [6.07, 6.45) is 0. The summed E-state index contributed by atoms with van der Waals surface area (Å²) in [6.45, 7) is 0. The zero-order valence-electron chi connectivity index (χ0n) is 15.3. The molecule has 2 aromatic heterocycles. The SMILES string of the molecule is N#Cc1ccc(Cl)cc1S(=O)(=O)Cc1ccc(-c2cc3[nH]nc(N)c3c(=O)[nH]2)cc1. The van der Waals surface area contributed by atoms with E-state index in [0.717, 1.165) is 0 Å². The Kier molecular flexibility index (Phi) is 4.81. The molecule has 150 valence electrons.